The van der Waals surface area contributed by atoms with Crippen LogP contribution in [0.15, 0.2) is 64.0 Å². The average molecular weight is 402 g/mol. The van der Waals surface area contributed by atoms with E-state index in [1.165, 1.54) is 16.4 Å². The second-order valence-corrected chi connectivity index (χ2v) is 8.37. The zero-order valence-electron chi connectivity index (χ0n) is 15.2. The third kappa shape index (κ3) is 3.41. The van der Waals surface area contributed by atoms with Crippen molar-refractivity contribution in [3.63, 3.8) is 0 Å². The van der Waals surface area contributed by atoms with E-state index in [4.69, 9.17) is 9.15 Å². The van der Waals surface area contributed by atoms with E-state index in [-0.39, 0.29) is 29.7 Å². The van der Waals surface area contributed by atoms with Gasteiger partial charge in [0.1, 0.15) is 16.5 Å². The lowest BCUT2D eigenvalue weighted by Crippen LogP contribution is -2.48. The highest BCUT2D eigenvalue weighted by Gasteiger charge is 2.41. The van der Waals surface area contributed by atoms with Crippen LogP contribution in [0.1, 0.15) is 18.7 Å². The van der Waals surface area contributed by atoms with E-state index < -0.39 is 10.0 Å². The van der Waals surface area contributed by atoms with Crippen LogP contribution in [0.4, 0.5) is 4.39 Å². The van der Waals surface area contributed by atoms with Gasteiger partial charge in [0.15, 0.2) is 5.76 Å². The van der Waals surface area contributed by atoms with Crippen LogP contribution in [0.2, 0.25) is 0 Å². The fourth-order valence-electron chi connectivity index (χ4n) is 3.09. The van der Waals surface area contributed by atoms with Crippen LogP contribution in [0.5, 0.6) is 5.75 Å². The molecule has 146 valence electrons. The van der Waals surface area contributed by atoms with Gasteiger partial charge in [0.25, 0.3) is 0 Å². The lowest BCUT2D eigenvalue weighted by molar-refractivity contribution is 0.231. The molecule has 0 saturated carbocycles. The summed E-state index contributed by atoms with van der Waals surface area (Å²) in [4.78, 5) is 4.43. The zero-order chi connectivity index (χ0) is 19.7. The molecule has 4 rings (SSSR count). The van der Waals surface area contributed by atoms with Crippen molar-refractivity contribution in [2.24, 2.45) is 0 Å². The van der Waals surface area contributed by atoms with Crippen molar-refractivity contribution in [3.05, 3.63) is 66.4 Å². The van der Waals surface area contributed by atoms with E-state index in [2.05, 4.69) is 4.98 Å². The van der Waals surface area contributed by atoms with Gasteiger partial charge in [0.05, 0.1) is 18.7 Å². The van der Waals surface area contributed by atoms with E-state index in [1.807, 2.05) is 6.92 Å². The molecule has 2 aromatic carbocycles. The van der Waals surface area contributed by atoms with E-state index in [0.717, 1.165) is 5.56 Å². The average Bonchev–Trinajstić information content (AvgIpc) is 3.11. The summed E-state index contributed by atoms with van der Waals surface area (Å²) in [5.74, 6) is 0.906. The largest absolute Gasteiger partial charge is 0.492 e. The first-order valence-electron chi connectivity index (χ1n) is 8.92. The van der Waals surface area contributed by atoms with Crippen LogP contribution in [-0.4, -0.2) is 37.4 Å². The molecule has 0 unspecified atom stereocenters. The second kappa shape index (κ2) is 7.37. The molecule has 0 bridgehead atoms. The molecule has 0 atom stereocenters. The van der Waals surface area contributed by atoms with Gasteiger partial charge < -0.3 is 9.15 Å². The summed E-state index contributed by atoms with van der Waals surface area (Å²) >= 11 is 0. The predicted octanol–water partition coefficient (Wildman–Crippen LogP) is 3.67. The molecular weight excluding hydrogens is 383 g/mol. The van der Waals surface area contributed by atoms with Gasteiger partial charge >= 0.3 is 0 Å². The number of benzene rings is 2. The summed E-state index contributed by atoms with van der Waals surface area (Å²) < 4.78 is 51.5. The first-order chi connectivity index (χ1) is 13.5. The summed E-state index contributed by atoms with van der Waals surface area (Å²) in [6.07, 6.45) is 1.57. The number of halogens is 1. The number of sulfonamides is 1. The Morgan fingerprint density at radius 1 is 1.18 bits per heavy atom. The van der Waals surface area contributed by atoms with Crippen molar-refractivity contribution >= 4 is 10.0 Å². The minimum absolute atomic E-state index is 0.122. The van der Waals surface area contributed by atoms with Gasteiger partial charge in [0, 0.05) is 18.7 Å². The fourth-order valence-corrected chi connectivity index (χ4v) is 4.75. The Kier molecular flexibility index (Phi) is 4.91. The van der Waals surface area contributed by atoms with Gasteiger partial charge in [-0.05, 0) is 43.3 Å². The molecule has 0 amide bonds. The molecule has 1 fully saturated rings. The molecular formula is C20H19FN2O4S. The topological polar surface area (TPSA) is 72.6 Å². The Hall–Kier alpha value is -2.71. The highest BCUT2D eigenvalue weighted by molar-refractivity contribution is 7.89. The minimum Gasteiger partial charge on any atom is -0.492 e. The van der Waals surface area contributed by atoms with Crippen LogP contribution in [-0.2, 0) is 10.0 Å². The lowest BCUT2D eigenvalue weighted by Gasteiger charge is -2.36. The van der Waals surface area contributed by atoms with Gasteiger partial charge in [-0.3, -0.25) is 0 Å². The Labute approximate surface area is 162 Å². The maximum Gasteiger partial charge on any atom is 0.246 e. The summed E-state index contributed by atoms with van der Waals surface area (Å²) in [6.45, 7) is 2.76. The number of ether oxygens (including phenoxy) is 1. The summed E-state index contributed by atoms with van der Waals surface area (Å²) in [7, 11) is -3.65. The normalized spacial score (nSPS) is 15.4. The number of para-hydroxylation sites is 1. The summed E-state index contributed by atoms with van der Waals surface area (Å²) in [6, 6.07) is 12.5. The molecule has 1 saturated heterocycles. The minimum atomic E-state index is -3.65. The second-order valence-electron chi connectivity index (χ2n) is 6.47. The molecule has 3 aromatic rings. The highest BCUT2D eigenvalue weighted by Crippen LogP contribution is 2.35. The predicted molar refractivity (Wildman–Crippen MR) is 101 cm³/mol. The van der Waals surface area contributed by atoms with E-state index in [1.54, 1.807) is 42.6 Å². The number of nitrogens with zero attached hydrogens (tertiary/aromatic N) is 2. The first kappa shape index (κ1) is 18.6. The number of rotatable bonds is 6. The monoisotopic (exact) mass is 402 g/mol. The summed E-state index contributed by atoms with van der Waals surface area (Å²) in [5, 5.41) is 0. The Balaban J connectivity index is 1.48. The molecule has 6 nitrogen and oxygen atoms in total. The van der Waals surface area contributed by atoms with Gasteiger partial charge in [0.2, 0.25) is 15.9 Å². The Morgan fingerprint density at radius 2 is 1.89 bits per heavy atom. The molecule has 1 aliphatic heterocycles. The van der Waals surface area contributed by atoms with Crippen molar-refractivity contribution in [2.75, 3.05) is 19.7 Å². The van der Waals surface area contributed by atoms with Crippen molar-refractivity contribution < 1.29 is 22.0 Å². The van der Waals surface area contributed by atoms with Crippen LogP contribution >= 0.6 is 0 Å². The molecule has 28 heavy (non-hydrogen) atoms. The van der Waals surface area contributed by atoms with Crippen molar-refractivity contribution in [1.82, 2.24) is 9.29 Å². The number of hydrogen-bond donors (Lipinski definition) is 0. The van der Waals surface area contributed by atoms with Gasteiger partial charge in [-0.2, -0.15) is 4.31 Å². The molecule has 0 spiro atoms. The van der Waals surface area contributed by atoms with E-state index in [9.17, 15) is 12.8 Å². The Bertz CT molecular complexity index is 1070. The van der Waals surface area contributed by atoms with E-state index in [0.29, 0.717) is 24.0 Å². The highest BCUT2D eigenvalue weighted by atomic mass is 32.2. The maximum atomic E-state index is 13.1. The van der Waals surface area contributed by atoms with Gasteiger partial charge in [-0.15, -0.1) is 0 Å². The van der Waals surface area contributed by atoms with Crippen LogP contribution in [0, 0.1) is 5.82 Å². The number of aromatic nitrogens is 1. The van der Waals surface area contributed by atoms with Crippen LogP contribution < -0.4 is 4.74 Å². The number of hydrogen-bond acceptors (Lipinski definition) is 5. The molecule has 1 aromatic heterocycles. The molecule has 0 radical (unpaired) electrons. The van der Waals surface area contributed by atoms with Gasteiger partial charge in [-0.1, -0.05) is 12.1 Å². The molecule has 1 aliphatic rings. The molecule has 0 aliphatic carbocycles. The summed E-state index contributed by atoms with van der Waals surface area (Å²) in [5.41, 5.74) is 0.717. The fraction of sp³-hybridized carbons (Fsp3) is 0.250. The maximum absolute atomic E-state index is 13.1. The van der Waals surface area contributed by atoms with Crippen molar-refractivity contribution in [2.45, 2.75) is 17.7 Å². The van der Waals surface area contributed by atoms with Crippen LogP contribution in [0.25, 0.3) is 11.3 Å². The van der Waals surface area contributed by atoms with Crippen molar-refractivity contribution in [1.29, 1.82) is 0 Å². The third-order valence-corrected chi connectivity index (χ3v) is 6.49. The first-order valence-corrected chi connectivity index (χ1v) is 10.4. The molecule has 8 heteroatoms. The molecule has 0 N–H and O–H groups in total. The standard InChI is InChI=1S/C20H19FN2O4S/c1-2-26-17-5-3-4-6-19(17)28(24,25)23-12-15(13-23)20-22-11-18(27-20)14-7-9-16(21)10-8-14/h3-11,15H,2,12-13H2,1H3. The SMILES string of the molecule is CCOc1ccccc1S(=O)(=O)N1CC(c2ncc(-c3ccc(F)cc3)o2)C1. The van der Waals surface area contributed by atoms with Crippen LogP contribution in [0.3, 0.4) is 0 Å². The molecule has 2 heterocycles. The zero-order valence-corrected chi connectivity index (χ0v) is 16.0. The smallest absolute Gasteiger partial charge is 0.246 e. The van der Waals surface area contributed by atoms with E-state index >= 15 is 0 Å². The van der Waals surface area contributed by atoms with Gasteiger partial charge in [-0.25, -0.2) is 17.8 Å². The van der Waals surface area contributed by atoms with Crippen molar-refractivity contribution in [3.8, 4) is 17.1 Å². The third-order valence-electron chi connectivity index (χ3n) is 4.62. The Morgan fingerprint density at radius 3 is 2.61 bits per heavy atom. The lowest BCUT2D eigenvalue weighted by atomic mass is 10.0. The quantitative estimate of drug-likeness (QED) is 0.629. The number of oxazole rings is 1.